The monoisotopic (exact) mass is 243 g/mol. The number of benzene rings is 1. The zero-order valence-electron chi connectivity index (χ0n) is 9.51. The fourth-order valence-electron chi connectivity index (χ4n) is 1.56. The third-order valence-corrected chi connectivity index (χ3v) is 2.40. The van der Waals surface area contributed by atoms with Gasteiger partial charge in [-0.25, -0.2) is 4.99 Å². The Kier molecular flexibility index (Phi) is 2.64. The number of rotatable bonds is 1. The molecule has 1 aromatic carbocycles. The number of nitrogens with zero attached hydrogens (tertiary/aromatic N) is 1. The van der Waals surface area contributed by atoms with Crippen molar-refractivity contribution in [3.63, 3.8) is 0 Å². The Morgan fingerprint density at radius 1 is 1.29 bits per heavy atom. The van der Waals surface area contributed by atoms with E-state index in [-0.39, 0.29) is 11.4 Å². The van der Waals surface area contributed by atoms with Gasteiger partial charge in [0.1, 0.15) is 6.61 Å². The zero-order chi connectivity index (χ0) is 12.7. The molecular weight excluding hydrogens is 231 g/mol. The van der Waals surface area contributed by atoms with Crippen LogP contribution in [0.2, 0.25) is 0 Å². The fourth-order valence-corrected chi connectivity index (χ4v) is 1.56. The summed E-state index contributed by atoms with van der Waals surface area (Å²) >= 11 is 0. The second-order valence-corrected chi connectivity index (χ2v) is 4.60. The summed E-state index contributed by atoms with van der Waals surface area (Å²) in [5.74, 6) is 0.279. The number of alkyl halides is 3. The second kappa shape index (κ2) is 3.75. The van der Waals surface area contributed by atoms with Crippen molar-refractivity contribution in [2.45, 2.75) is 25.6 Å². The summed E-state index contributed by atoms with van der Waals surface area (Å²) in [5.41, 5.74) is -0.694. The molecule has 0 saturated heterocycles. The molecule has 0 aliphatic carbocycles. The Hall–Kier alpha value is -1.52. The molecule has 0 radical (unpaired) electrons. The largest absolute Gasteiger partial charge is 0.475 e. The molecule has 0 atom stereocenters. The molecule has 0 fully saturated rings. The van der Waals surface area contributed by atoms with Crippen molar-refractivity contribution in [3.05, 3.63) is 35.4 Å². The van der Waals surface area contributed by atoms with E-state index in [0.717, 1.165) is 12.1 Å². The molecule has 92 valence electrons. The molecule has 0 saturated carbocycles. The van der Waals surface area contributed by atoms with Crippen LogP contribution in [-0.2, 0) is 10.9 Å². The van der Waals surface area contributed by atoms with Crippen molar-refractivity contribution in [1.29, 1.82) is 0 Å². The van der Waals surface area contributed by atoms with Crippen LogP contribution in [0.3, 0.4) is 0 Å². The van der Waals surface area contributed by atoms with E-state index in [1.165, 1.54) is 6.07 Å². The topological polar surface area (TPSA) is 21.6 Å². The average molecular weight is 243 g/mol. The van der Waals surface area contributed by atoms with E-state index < -0.39 is 11.7 Å². The van der Waals surface area contributed by atoms with Gasteiger partial charge in [-0.3, -0.25) is 0 Å². The summed E-state index contributed by atoms with van der Waals surface area (Å²) in [4.78, 5) is 4.24. The highest BCUT2D eigenvalue weighted by Crippen LogP contribution is 2.30. The molecule has 2 nitrogen and oxygen atoms in total. The van der Waals surface area contributed by atoms with Crippen LogP contribution in [0.15, 0.2) is 29.3 Å². The summed E-state index contributed by atoms with van der Waals surface area (Å²) < 4.78 is 42.9. The summed E-state index contributed by atoms with van der Waals surface area (Å²) in [6.45, 7) is 4.12. The standard InChI is InChI=1S/C12H12F3NO/c1-11(2)7-17-10(16-11)8-4-3-5-9(6-8)12(13,14)15/h3-6H,7H2,1-2H3. The predicted octanol–water partition coefficient (Wildman–Crippen LogP) is 3.26. The van der Waals surface area contributed by atoms with Crippen LogP contribution in [0.1, 0.15) is 25.0 Å². The minimum Gasteiger partial charge on any atom is -0.475 e. The van der Waals surface area contributed by atoms with E-state index in [4.69, 9.17) is 4.74 Å². The van der Waals surface area contributed by atoms with Crippen molar-refractivity contribution >= 4 is 5.90 Å². The zero-order valence-corrected chi connectivity index (χ0v) is 9.51. The molecule has 5 heteroatoms. The van der Waals surface area contributed by atoms with Gasteiger partial charge in [0.2, 0.25) is 5.90 Å². The van der Waals surface area contributed by atoms with Crippen LogP contribution >= 0.6 is 0 Å². The Morgan fingerprint density at radius 3 is 2.53 bits per heavy atom. The molecule has 0 unspecified atom stereocenters. The van der Waals surface area contributed by atoms with Gasteiger partial charge >= 0.3 is 6.18 Å². The smallest absolute Gasteiger partial charge is 0.416 e. The molecule has 0 N–H and O–H groups in total. The Balaban J connectivity index is 2.36. The average Bonchev–Trinajstić information content (AvgIpc) is 2.58. The number of aliphatic imine (C=N–C) groups is 1. The van der Waals surface area contributed by atoms with Crippen LogP contribution in [0.5, 0.6) is 0 Å². The first-order chi connectivity index (χ1) is 7.78. The molecular formula is C12H12F3NO. The molecule has 0 amide bonds. The van der Waals surface area contributed by atoms with E-state index in [1.807, 2.05) is 13.8 Å². The normalized spacial score (nSPS) is 18.8. The van der Waals surface area contributed by atoms with Gasteiger partial charge < -0.3 is 4.74 Å². The lowest BCUT2D eigenvalue weighted by Gasteiger charge is -2.08. The first-order valence-corrected chi connectivity index (χ1v) is 5.18. The number of hydrogen-bond donors (Lipinski definition) is 0. The molecule has 17 heavy (non-hydrogen) atoms. The molecule has 0 spiro atoms. The highest BCUT2D eigenvalue weighted by Gasteiger charge is 2.32. The summed E-state index contributed by atoms with van der Waals surface area (Å²) in [6.07, 6.45) is -4.34. The number of ether oxygens (including phenoxy) is 1. The fraction of sp³-hybridized carbons (Fsp3) is 0.417. The highest BCUT2D eigenvalue weighted by molar-refractivity contribution is 5.95. The van der Waals surface area contributed by atoms with Gasteiger partial charge in [-0.05, 0) is 32.0 Å². The molecule has 2 rings (SSSR count). The first kappa shape index (κ1) is 12.0. The SMILES string of the molecule is CC1(C)COC(c2cccc(C(F)(F)F)c2)=N1. The van der Waals surface area contributed by atoms with Gasteiger partial charge in [0.25, 0.3) is 0 Å². The molecule has 1 aliphatic heterocycles. The maximum atomic E-state index is 12.5. The minimum absolute atomic E-state index is 0.279. The van der Waals surface area contributed by atoms with E-state index in [9.17, 15) is 13.2 Å². The maximum absolute atomic E-state index is 12.5. The van der Waals surface area contributed by atoms with Gasteiger partial charge in [-0.2, -0.15) is 13.2 Å². The van der Waals surface area contributed by atoms with Crippen molar-refractivity contribution in [2.75, 3.05) is 6.61 Å². The summed E-state index contributed by atoms with van der Waals surface area (Å²) in [7, 11) is 0. The molecule has 1 aliphatic rings. The van der Waals surface area contributed by atoms with Gasteiger partial charge in [-0.1, -0.05) is 6.07 Å². The van der Waals surface area contributed by atoms with E-state index in [0.29, 0.717) is 12.2 Å². The van der Waals surface area contributed by atoms with Crippen LogP contribution in [0.4, 0.5) is 13.2 Å². The van der Waals surface area contributed by atoms with Crippen molar-refractivity contribution in [1.82, 2.24) is 0 Å². The Labute approximate surface area is 97.1 Å². The lowest BCUT2D eigenvalue weighted by atomic mass is 10.1. The lowest BCUT2D eigenvalue weighted by molar-refractivity contribution is -0.137. The van der Waals surface area contributed by atoms with E-state index >= 15 is 0 Å². The van der Waals surface area contributed by atoms with Crippen molar-refractivity contribution < 1.29 is 17.9 Å². The van der Waals surface area contributed by atoms with Crippen LogP contribution in [0.25, 0.3) is 0 Å². The molecule has 0 bridgehead atoms. The molecule has 1 aromatic rings. The van der Waals surface area contributed by atoms with Gasteiger partial charge in [0.15, 0.2) is 0 Å². The van der Waals surface area contributed by atoms with Crippen LogP contribution in [0, 0.1) is 0 Å². The summed E-state index contributed by atoms with van der Waals surface area (Å²) in [6, 6.07) is 5.01. The highest BCUT2D eigenvalue weighted by atomic mass is 19.4. The van der Waals surface area contributed by atoms with E-state index in [2.05, 4.69) is 4.99 Å². The quantitative estimate of drug-likeness (QED) is 0.741. The molecule has 1 heterocycles. The van der Waals surface area contributed by atoms with Gasteiger partial charge in [-0.15, -0.1) is 0 Å². The number of halogens is 3. The van der Waals surface area contributed by atoms with E-state index in [1.54, 1.807) is 6.07 Å². The lowest BCUT2D eigenvalue weighted by Crippen LogP contribution is -2.17. The maximum Gasteiger partial charge on any atom is 0.416 e. The summed E-state index contributed by atoms with van der Waals surface area (Å²) in [5, 5.41) is 0. The third-order valence-electron chi connectivity index (χ3n) is 2.40. The first-order valence-electron chi connectivity index (χ1n) is 5.18. The van der Waals surface area contributed by atoms with Crippen molar-refractivity contribution in [3.8, 4) is 0 Å². The number of hydrogen-bond acceptors (Lipinski definition) is 2. The van der Waals surface area contributed by atoms with Crippen LogP contribution in [-0.4, -0.2) is 18.0 Å². The van der Waals surface area contributed by atoms with Crippen LogP contribution < -0.4 is 0 Å². The van der Waals surface area contributed by atoms with Gasteiger partial charge in [0, 0.05) is 5.56 Å². The Morgan fingerprint density at radius 2 is 2.00 bits per heavy atom. The van der Waals surface area contributed by atoms with Gasteiger partial charge in [0.05, 0.1) is 11.1 Å². The predicted molar refractivity (Wildman–Crippen MR) is 58.0 cm³/mol. The van der Waals surface area contributed by atoms with Crippen molar-refractivity contribution in [2.24, 2.45) is 4.99 Å². The second-order valence-electron chi connectivity index (χ2n) is 4.60. The Bertz CT molecular complexity index is 463. The minimum atomic E-state index is -4.34. The third kappa shape index (κ3) is 2.60. The molecule has 0 aromatic heterocycles.